The van der Waals surface area contributed by atoms with Crippen LogP contribution in [0, 0.1) is 32.5 Å². The maximum absolute atomic E-state index is 14.7. The number of fused-ring (bicyclic) bond motifs is 1. The van der Waals surface area contributed by atoms with Crippen LogP contribution in [0.4, 0.5) is 10.2 Å². The quantitative estimate of drug-likeness (QED) is 0.639. The number of anilines is 1. The van der Waals surface area contributed by atoms with E-state index in [4.69, 9.17) is 9.51 Å². The highest BCUT2D eigenvalue weighted by atomic mass is 19.1. The second kappa shape index (κ2) is 6.59. The van der Waals surface area contributed by atoms with Crippen molar-refractivity contribution >= 4 is 16.7 Å². The van der Waals surface area contributed by atoms with Crippen LogP contribution in [-0.2, 0) is 0 Å². The second-order valence-corrected chi connectivity index (χ2v) is 7.90. The van der Waals surface area contributed by atoms with Gasteiger partial charge in [0.2, 0.25) is 0 Å². The lowest BCUT2D eigenvalue weighted by atomic mass is 9.92. The molecule has 0 spiro atoms. The Kier molecular flexibility index (Phi) is 4.36. The summed E-state index contributed by atoms with van der Waals surface area (Å²) in [6.45, 7) is 11.0. The van der Waals surface area contributed by atoms with Gasteiger partial charge in [-0.05, 0) is 69.7 Å². The molecule has 3 aromatic rings. The van der Waals surface area contributed by atoms with Gasteiger partial charge in [-0.1, -0.05) is 12.1 Å². The summed E-state index contributed by atoms with van der Waals surface area (Å²) in [5.41, 5.74) is 3.01. The van der Waals surface area contributed by atoms with E-state index >= 15 is 0 Å². The number of rotatable bonds is 2. The molecule has 1 aliphatic rings. The van der Waals surface area contributed by atoms with E-state index < -0.39 is 0 Å². The number of pyridine rings is 1. The Bertz CT molecular complexity index is 1010. The molecular formula is C21H25FN4O. The summed E-state index contributed by atoms with van der Waals surface area (Å²) in [6.07, 6.45) is 2.17. The minimum Gasteiger partial charge on any atom is -0.353 e. The van der Waals surface area contributed by atoms with E-state index in [0.29, 0.717) is 29.2 Å². The predicted octanol–water partition coefficient (Wildman–Crippen LogP) is 4.97. The van der Waals surface area contributed by atoms with Gasteiger partial charge in [0.1, 0.15) is 17.2 Å². The third-order valence-corrected chi connectivity index (χ3v) is 5.58. The summed E-state index contributed by atoms with van der Waals surface area (Å²) >= 11 is 0. The molecule has 1 fully saturated rings. The van der Waals surface area contributed by atoms with E-state index in [-0.39, 0.29) is 5.82 Å². The summed E-state index contributed by atoms with van der Waals surface area (Å²) in [6, 6.07) is 3.82. The van der Waals surface area contributed by atoms with Crippen molar-refractivity contribution in [3.05, 3.63) is 34.9 Å². The van der Waals surface area contributed by atoms with Gasteiger partial charge in [0, 0.05) is 18.0 Å². The van der Waals surface area contributed by atoms with E-state index in [1.54, 1.807) is 6.92 Å². The average Bonchev–Trinajstić information content (AvgIpc) is 3.01. The Hall–Kier alpha value is -2.50. The van der Waals surface area contributed by atoms with Gasteiger partial charge in [-0.25, -0.2) is 9.37 Å². The molecule has 0 amide bonds. The Morgan fingerprint density at radius 3 is 2.59 bits per heavy atom. The zero-order valence-corrected chi connectivity index (χ0v) is 16.5. The van der Waals surface area contributed by atoms with Crippen molar-refractivity contribution in [2.24, 2.45) is 5.92 Å². The van der Waals surface area contributed by atoms with E-state index in [2.05, 4.69) is 28.9 Å². The smallest absolute Gasteiger partial charge is 0.261 e. The molecule has 1 saturated heterocycles. The molecule has 2 unspecified atom stereocenters. The van der Waals surface area contributed by atoms with Crippen molar-refractivity contribution in [3.63, 3.8) is 0 Å². The van der Waals surface area contributed by atoms with Crippen LogP contribution in [0.25, 0.3) is 22.4 Å². The van der Waals surface area contributed by atoms with Crippen molar-refractivity contribution in [2.75, 3.05) is 11.4 Å². The molecular weight excluding hydrogens is 343 g/mol. The van der Waals surface area contributed by atoms with Crippen molar-refractivity contribution in [1.29, 1.82) is 0 Å². The molecule has 0 saturated carbocycles. The summed E-state index contributed by atoms with van der Waals surface area (Å²) in [4.78, 5) is 11.5. The van der Waals surface area contributed by atoms with Crippen LogP contribution < -0.4 is 4.90 Å². The molecule has 2 atom stereocenters. The average molecular weight is 368 g/mol. The van der Waals surface area contributed by atoms with Gasteiger partial charge in [-0.15, -0.1) is 0 Å². The Labute approximate surface area is 158 Å². The van der Waals surface area contributed by atoms with Crippen LogP contribution in [0.2, 0.25) is 0 Å². The highest BCUT2D eigenvalue weighted by Crippen LogP contribution is 2.39. The second-order valence-electron chi connectivity index (χ2n) is 7.90. The number of aryl methyl sites for hydroxylation is 3. The van der Waals surface area contributed by atoms with Crippen molar-refractivity contribution in [2.45, 2.75) is 53.5 Å². The normalized spacial score (nSPS) is 20.4. The maximum atomic E-state index is 14.7. The van der Waals surface area contributed by atoms with Gasteiger partial charge in [0.25, 0.3) is 5.89 Å². The van der Waals surface area contributed by atoms with Gasteiger partial charge < -0.3 is 9.42 Å². The summed E-state index contributed by atoms with van der Waals surface area (Å²) in [7, 11) is 0. The summed E-state index contributed by atoms with van der Waals surface area (Å²) in [5.74, 6) is 2.14. The molecule has 4 rings (SSSR count). The largest absolute Gasteiger partial charge is 0.353 e. The molecule has 1 aromatic carbocycles. The molecule has 0 radical (unpaired) electrons. The fourth-order valence-electron chi connectivity index (χ4n) is 4.18. The van der Waals surface area contributed by atoms with Crippen molar-refractivity contribution in [1.82, 2.24) is 15.1 Å². The molecule has 2 aromatic heterocycles. The highest BCUT2D eigenvalue weighted by Gasteiger charge is 2.30. The number of aromatic nitrogens is 3. The molecule has 6 heteroatoms. The first-order valence-electron chi connectivity index (χ1n) is 9.53. The zero-order chi connectivity index (χ0) is 19.3. The van der Waals surface area contributed by atoms with Crippen LogP contribution in [0.1, 0.15) is 43.6 Å². The lowest BCUT2D eigenvalue weighted by Crippen LogP contribution is -2.41. The molecule has 0 aliphatic carbocycles. The summed E-state index contributed by atoms with van der Waals surface area (Å²) < 4.78 is 20.2. The van der Waals surface area contributed by atoms with E-state index in [1.807, 2.05) is 19.9 Å². The minimum atomic E-state index is -0.291. The number of benzene rings is 1. The third kappa shape index (κ3) is 3.07. The van der Waals surface area contributed by atoms with Crippen LogP contribution in [0.15, 0.2) is 16.7 Å². The Morgan fingerprint density at radius 1 is 1.15 bits per heavy atom. The van der Waals surface area contributed by atoms with Crippen LogP contribution in [0.3, 0.4) is 0 Å². The number of halogens is 1. The number of piperidine rings is 1. The number of nitrogens with zero attached hydrogens (tertiary/aromatic N) is 4. The fourth-order valence-corrected chi connectivity index (χ4v) is 4.18. The van der Waals surface area contributed by atoms with Crippen LogP contribution in [0.5, 0.6) is 0 Å². The first kappa shape index (κ1) is 17.9. The van der Waals surface area contributed by atoms with Gasteiger partial charge in [-0.3, -0.25) is 0 Å². The van der Waals surface area contributed by atoms with Gasteiger partial charge in [-0.2, -0.15) is 4.98 Å². The molecule has 5 nitrogen and oxygen atoms in total. The SMILES string of the molecule is Cc1cc(F)c2nc(N3CCC(C)CC3C)c(-c3nc(C)no3)c(C)c2c1. The predicted molar refractivity (Wildman–Crippen MR) is 104 cm³/mol. The van der Waals surface area contributed by atoms with Gasteiger partial charge in [0.15, 0.2) is 5.82 Å². The molecule has 142 valence electrons. The van der Waals surface area contributed by atoms with E-state index in [0.717, 1.165) is 47.3 Å². The first-order valence-corrected chi connectivity index (χ1v) is 9.53. The lowest BCUT2D eigenvalue weighted by Gasteiger charge is -2.38. The topological polar surface area (TPSA) is 55.1 Å². The summed E-state index contributed by atoms with van der Waals surface area (Å²) in [5, 5.41) is 4.75. The van der Waals surface area contributed by atoms with Gasteiger partial charge >= 0.3 is 0 Å². The molecule has 1 aliphatic heterocycles. The molecule has 27 heavy (non-hydrogen) atoms. The molecule has 0 N–H and O–H groups in total. The lowest BCUT2D eigenvalue weighted by molar-refractivity contribution is 0.375. The monoisotopic (exact) mass is 368 g/mol. The number of hydrogen-bond acceptors (Lipinski definition) is 5. The van der Waals surface area contributed by atoms with Gasteiger partial charge in [0.05, 0.1) is 5.56 Å². The van der Waals surface area contributed by atoms with Crippen LogP contribution >= 0.6 is 0 Å². The van der Waals surface area contributed by atoms with E-state index in [9.17, 15) is 4.39 Å². The standard InChI is InChI=1S/C21H25FN4O/c1-11-6-7-26(13(3)8-11)20-18(21-23-15(5)25-27-21)14(4)16-9-12(2)10-17(22)19(16)24-20/h9-11,13H,6-8H2,1-5H3. The highest BCUT2D eigenvalue weighted by molar-refractivity contribution is 5.93. The van der Waals surface area contributed by atoms with Crippen molar-refractivity contribution in [3.8, 4) is 11.5 Å². The Morgan fingerprint density at radius 2 is 1.93 bits per heavy atom. The number of hydrogen-bond donors (Lipinski definition) is 0. The molecule has 0 bridgehead atoms. The fraction of sp³-hybridized carbons (Fsp3) is 0.476. The zero-order valence-electron chi connectivity index (χ0n) is 16.5. The van der Waals surface area contributed by atoms with Crippen LogP contribution in [-0.4, -0.2) is 27.7 Å². The maximum Gasteiger partial charge on any atom is 0.261 e. The minimum absolute atomic E-state index is 0.291. The molecule has 3 heterocycles. The third-order valence-electron chi connectivity index (χ3n) is 5.58. The Balaban J connectivity index is 2.00. The first-order chi connectivity index (χ1) is 12.8. The van der Waals surface area contributed by atoms with E-state index in [1.165, 1.54) is 6.07 Å². The van der Waals surface area contributed by atoms with Crippen molar-refractivity contribution < 1.29 is 8.91 Å².